The van der Waals surface area contributed by atoms with Crippen LogP contribution in [0.15, 0.2) is 36.8 Å². The minimum Gasteiger partial charge on any atom is -0.366 e. The maximum absolute atomic E-state index is 14.0. The number of likely N-dealkylation sites (tertiary alicyclic amines) is 1. The van der Waals surface area contributed by atoms with Gasteiger partial charge in [0.2, 0.25) is 5.91 Å². The lowest BCUT2D eigenvalue weighted by Crippen LogP contribution is -2.36. The summed E-state index contributed by atoms with van der Waals surface area (Å²) in [6.45, 7) is -0.0589. The maximum atomic E-state index is 14.0. The van der Waals surface area contributed by atoms with Crippen LogP contribution in [0.2, 0.25) is 0 Å². The molecule has 12 heteroatoms. The lowest BCUT2D eigenvalue weighted by molar-refractivity contribution is -0.134. The van der Waals surface area contributed by atoms with Gasteiger partial charge in [0.05, 0.1) is 36.1 Å². The molecular weight excluding hydrogens is 477 g/mol. The minimum atomic E-state index is -0.941. The van der Waals surface area contributed by atoms with Crippen molar-refractivity contribution in [1.82, 2.24) is 29.3 Å². The number of nitrogens with zero attached hydrogens (tertiary/aromatic N) is 7. The van der Waals surface area contributed by atoms with Gasteiger partial charge in [0.25, 0.3) is 5.91 Å². The second kappa shape index (κ2) is 8.26. The van der Waals surface area contributed by atoms with E-state index in [9.17, 15) is 19.2 Å². The van der Waals surface area contributed by atoms with E-state index in [0.717, 1.165) is 10.9 Å². The van der Waals surface area contributed by atoms with E-state index in [-0.39, 0.29) is 24.1 Å². The van der Waals surface area contributed by atoms with E-state index in [1.165, 1.54) is 6.20 Å². The van der Waals surface area contributed by atoms with Gasteiger partial charge >= 0.3 is 0 Å². The smallest absolute Gasteiger partial charge is 0.251 e. The van der Waals surface area contributed by atoms with E-state index in [2.05, 4.69) is 26.6 Å². The van der Waals surface area contributed by atoms with Gasteiger partial charge in [-0.2, -0.15) is 15.5 Å². The number of alkyl halides is 1. The van der Waals surface area contributed by atoms with Gasteiger partial charge in [-0.25, -0.2) is 9.50 Å². The van der Waals surface area contributed by atoms with Crippen molar-refractivity contribution >= 4 is 34.2 Å². The molecule has 11 nitrogen and oxygen atoms in total. The molecule has 2 aliphatic rings. The fourth-order valence-electron chi connectivity index (χ4n) is 5.21. The van der Waals surface area contributed by atoms with Gasteiger partial charge in [0.15, 0.2) is 11.5 Å². The summed E-state index contributed by atoms with van der Waals surface area (Å²) in [7, 11) is 1.81. The van der Waals surface area contributed by atoms with Crippen LogP contribution in [-0.2, 0) is 11.8 Å². The third kappa shape index (κ3) is 3.57. The molecule has 3 N–H and O–H groups in total. The third-order valence-corrected chi connectivity index (χ3v) is 7.45. The zero-order chi connectivity index (χ0) is 25.9. The number of hydrogen-bond donors (Lipinski definition) is 2. The summed E-state index contributed by atoms with van der Waals surface area (Å²) >= 11 is 0. The number of halogens is 1. The number of imidazole rings is 1. The molecule has 1 saturated carbocycles. The molecule has 37 heavy (non-hydrogen) atoms. The molecule has 2 atom stereocenters. The highest BCUT2D eigenvalue weighted by molar-refractivity contribution is 6.04. The number of hydrogen-bond acceptors (Lipinski definition) is 7. The molecule has 1 aliphatic carbocycles. The van der Waals surface area contributed by atoms with Crippen LogP contribution in [0, 0.1) is 22.7 Å². The summed E-state index contributed by atoms with van der Waals surface area (Å²) < 4.78 is 17.3. The predicted molar refractivity (Wildman–Crippen MR) is 132 cm³/mol. The highest BCUT2D eigenvalue weighted by Crippen LogP contribution is 2.47. The van der Waals surface area contributed by atoms with E-state index >= 15 is 0 Å². The average molecular weight is 502 g/mol. The van der Waals surface area contributed by atoms with Crippen molar-refractivity contribution in [3.8, 4) is 17.2 Å². The molecule has 0 bridgehead atoms. The number of aryl methyl sites for hydroxylation is 1. The molecular formula is C25H24FN9O2. The Morgan fingerprint density at radius 3 is 2.84 bits per heavy atom. The highest BCUT2D eigenvalue weighted by atomic mass is 19.1. The molecule has 3 aromatic heterocycles. The van der Waals surface area contributed by atoms with Crippen LogP contribution in [-0.4, -0.2) is 66.9 Å². The molecule has 1 aromatic carbocycles. The fraction of sp³-hybridized carbons (Fsp3) is 0.360. The number of aromatic nitrogens is 5. The van der Waals surface area contributed by atoms with Crippen molar-refractivity contribution in [2.75, 3.05) is 25.1 Å². The van der Waals surface area contributed by atoms with Crippen molar-refractivity contribution in [2.45, 2.75) is 18.9 Å². The summed E-state index contributed by atoms with van der Waals surface area (Å²) in [5, 5.41) is 22.4. The summed E-state index contributed by atoms with van der Waals surface area (Å²) in [5.74, 6) is -0.728. The molecule has 0 unspecified atom stereocenters. The highest BCUT2D eigenvalue weighted by Gasteiger charge is 2.54. The predicted octanol–water partition coefficient (Wildman–Crippen LogP) is 1.89. The lowest BCUT2D eigenvalue weighted by atomic mass is 10.00. The van der Waals surface area contributed by atoms with Gasteiger partial charge < -0.3 is 16.0 Å². The van der Waals surface area contributed by atoms with Crippen LogP contribution in [0.3, 0.4) is 0 Å². The first-order valence-electron chi connectivity index (χ1n) is 12.0. The number of nitrogens with one attached hydrogen (secondary N) is 1. The Bertz CT molecular complexity index is 1610. The number of nitriles is 1. The number of carbonyl (C=O) groups excluding carboxylic acids is 2. The fourth-order valence-corrected chi connectivity index (χ4v) is 5.21. The Morgan fingerprint density at radius 2 is 2.14 bits per heavy atom. The van der Waals surface area contributed by atoms with Crippen molar-refractivity contribution in [1.29, 1.82) is 5.26 Å². The van der Waals surface area contributed by atoms with Crippen molar-refractivity contribution in [3.63, 3.8) is 0 Å². The molecule has 2 fully saturated rings. The molecule has 0 radical (unpaired) electrons. The Hall–Kier alpha value is -4.53. The van der Waals surface area contributed by atoms with Gasteiger partial charge in [0, 0.05) is 49.4 Å². The topological polar surface area (TPSA) is 147 Å². The monoisotopic (exact) mass is 501 g/mol. The maximum Gasteiger partial charge on any atom is 0.251 e. The molecule has 4 heterocycles. The van der Waals surface area contributed by atoms with Crippen molar-refractivity contribution < 1.29 is 14.0 Å². The van der Waals surface area contributed by atoms with Gasteiger partial charge in [0.1, 0.15) is 5.41 Å². The molecule has 6 rings (SSSR count). The lowest BCUT2D eigenvalue weighted by Gasteiger charge is -2.19. The van der Waals surface area contributed by atoms with E-state index in [4.69, 9.17) is 5.73 Å². The Labute approximate surface area is 210 Å². The standard InChI is InChI=1S/C25H24FN9O2/c1-33-19-3-2-14(20-17(21(28)36)10-30-35-7-6-29-23(20)35)8-16(19)22(32-33)31-18-12-34(11-15(18)9-26)24(37)25(13-27)4-5-25/h2-3,6-8,10,15,18H,4-5,9,11-12H2,1H3,(H2,28,36)(H,31,32)/t15-,18+/m0/s1. The minimum absolute atomic E-state index is 0.216. The molecule has 1 aliphatic heterocycles. The van der Waals surface area contributed by atoms with Crippen molar-refractivity contribution in [2.24, 2.45) is 24.1 Å². The zero-order valence-electron chi connectivity index (χ0n) is 20.1. The van der Waals surface area contributed by atoms with Gasteiger partial charge in [-0.1, -0.05) is 6.07 Å². The van der Waals surface area contributed by atoms with E-state index in [0.29, 0.717) is 42.0 Å². The third-order valence-electron chi connectivity index (χ3n) is 7.45. The average Bonchev–Trinajstić information content (AvgIpc) is 3.21. The van der Waals surface area contributed by atoms with Crippen LogP contribution in [0.4, 0.5) is 10.2 Å². The molecule has 4 aromatic rings. The number of rotatable bonds is 6. The summed E-state index contributed by atoms with van der Waals surface area (Å²) in [6.07, 6.45) is 5.80. The first kappa shape index (κ1) is 22.9. The van der Waals surface area contributed by atoms with E-state index in [1.807, 2.05) is 25.2 Å². The van der Waals surface area contributed by atoms with Crippen LogP contribution in [0.5, 0.6) is 0 Å². The number of benzene rings is 1. The second-order valence-electron chi connectivity index (χ2n) is 9.77. The quantitative estimate of drug-likeness (QED) is 0.410. The number of fused-ring (bicyclic) bond motifs is 2. The van der Waals surface area contributed by atoms with Crippen LogP contribution >= 0.6 is 0 Å². The van der Waals surface area contributed by atoms with Crippen LogP contribution in [0.25, 0.3) is 27.7 Å². The zero-order valence-corrected chi connectivity index (χ0v) is 20.1. The Morgan fingerprint density at radius 1 is 1.32 bits per heavy atom. The van der Waals surface area contributed by atoms with Gasteiger partial charge in [-0.3, -0.25) is 18.7 Å². The molecule has 1 saturated heterocycles. The van der Waals surface area contributed by atoms with Gasteiger partial charge in [-0.15, -0.1) is 0 Å². The largest absolute Gasteiger partial charge is 0.366 e. The van der Waals surface area contributed by atoms with Crippen LogP contribution in [0.1, 0.15) is 23.2 Å². The normalized spacial score (nSPS) is 20.3. The van der Waals surface area contributed by atoms with Gasteiger partial charge in [-0.05, 0) is 30.5 Å². The van der Waals surface area contributed by atoms with E-state index in [1.54, 1.807) is 26.5 Å². The molecule has 0 spiro atoms. The first-order valence-corrected chi connectivity index (χ1v) is 12.0. The Balaban J connectivity index is 1.37. The molecule has 2 amide bonds. The van der Waals surface area contributed by atoms with Crippen molar-refractivity contribution in [3.05, 3.63) is 42.4 Å². The second-order valence-corrected chi connectivity index (χ2v) is 9.77. The summed E-state index contributed by atoms with van der Waals surface area (Å²) in [6, 6.07) is 7.40. The molecule has 188 valence electrons. The number of primary amides is 1. The van der Waals surface area contributed by atoms with E-state index < -0.39 is 23.9 Å². The SMILES string of the molecule is Cn1nc(N[C@@H]2CN(C(=O)C3(C#N)CC3)C[C@@H]2CF)c2cc(-c3c(C(N)=O)cnn4ccnc34)ccc21. The first-order chi connectivity index (χ1) is 17.8. The number of anilines is 1. The number of nitrogens with two attached hydrogens (primary N) is 1. The summed E-state index contributed by atoms with van der Waals surface area (Å²) in [4.78, 5) is 31.1. The van der Waals surface area contributed by atoms with Crippen LogP contribution < -0.4 is 11.1 Å². The number of carbonyl (C=O) groups is 2. The Kier molecular flexibility index (Phi) is 5.11. The number of amides is 2. The summed E-state index contributed by atoms with van der Waals surface area (Å²) in [5.41, 5.74) is 7.51.